The molecule has 1 amide bonds. The van der Waals surface area contributed by atoms with Crippen molar-refractivity contribution < 1.29 is 14.3 Å². The largest absolute Gasteiger partial charge is 0.493 e. The standard InChI is InChI=1S/C29H28Br2N4O4/c1-4-5-6-26-34-24-12-9-20(30)14-23(24)29(37)35(26)32-16-19-13-21(31)15-25(38-3)28(19)39-17-27(36)33-22-10-7-18(2)8-11-22/h7-16H,4-6,17H2,1-3H3,(H,33,36). The molecule has 0 unspecified atom stereocenters. The van der Waals surface area contributed by atoms with E-state index >= 15 is 0 Å². The number of aromatic nitrogens is 2. The minimum Gasteiger partial charge on any atom is -0.493 e. The number of hydrogen-bond acceptors (Lipinski definition) is 6. The molecule has 1 N–H and O–H groups in total. The van der Waals surface area contributed by atoms with Crippen LogP contribution in [-0.4, -0.2) is 35.5 Å². The van der Waals surface area contributed by atoms with Crippen molar-refractivity contribution in [1.82, 2.24) is 9.66 Å². The van der Waals surface area contributed by atoms with Crippen molar-refractivity contribution in [3.05, 3.63) is 90.8 Å². The lowest BCUT2D eigenvalue weighted by Gasteiger charge is -2.14. The highest BCUT2D eigenvalue weighted by molar-refractivity contribution is 9.10. The zero-order chi connectivity index (χ0) is 27.9. The van der Waals surface area contributed by atoms with E-state index in [1.807, 2.05) is 43.3 Å². The lowest BCUT2D eigenvalue weighted by Crippen LogP contribution is -2.23. The van der Waals surface area contributed by atoms with E-state index in [1.54, 1.807) is 18.2 Å². The summed E-state index contributed by atoms with van der Waals surface area (Å²) in [6.07, 6.45) is 3.92. The number of halogens is 2. The van der Waals surface area contributed by atoms with Crippen molar-refractivity contribution >= 4 is 60.6 Å². The summed E-state index contributed by atoms with van der Waals surface area (Å²) in [6.45, 7) is 3.81. The predicted octanol–water partition coefficient (Wildman–Crippen LogP) is 6.48. The van der Waals surface area contributed by atoms with Gasteiger partial charge < -0.3 is 14.8 Å². The van der Waals surface area contributed by atoms with Crippen LogP contribution in [0.25, 0.3) is 10.9 Å². The number of anilines is 1. The Morgan fingerprint density at radius 3 is 2.59 bits per heavy atom. The van der Waals surface area contributed by atoms with Gasteiger partial charge >= 0.3 is 0 Å². The van der Waals surface area contributed by atoms with Gasteiger partial charge in [0.2, 0.25) is 0 Å². The van der Waals surface area contributed by atoms with Crippen LogP contribution in [0.1, 0.15) is 36.7 Å². The normalized spacial score (nSPS) is 11.2. The summed E-state index contributed by atoms with van der Waals surface area (Å²) in [6, 6.07) is 16.4. The molecule has 0 bridgehead atoms. The fourth-order valence-corrected chi connectivity index (χ4v) is 4.71. The Bertz CT molecular complexity index is 1580. The van der Waals surface area contributed by atoms with Crippen LogP contribution in [0.4, 0.5) is 5.69 Å². The van der Waals surface area contributed by atoms with Crippen LogP contribution in [-0.2, 0) is 11.2 Å². The van der Waals surface area contributed by atoms with Gasteiger partial charge in [0, 0.05) is 26.6 Å². The summed E-state index contributed by atoms with van der Waals surface area (Å²) in [5.74, 6) is 0.972. The number of methoxy groups -OCH3 is 1. The third kappa shape index (κ3) is 7.13. The van der Waals surface area contributed by atoms with Gasteiger partial charge in [0.1, 0.15) is 5.82 Å². The minimum atomic E-state index is -0.325. The predicted molar refractivity (Wildman–Crippen MR) is 161 cm³/mol. The third-order valence-corrected chi connectivity index (χ3v) is 6.84. The quantitative estimate of drug-likeness (QED) is 0.197. The van der Waals surface area contributed by atoms with E-state index in [9.17, 15) is 9.59 Å². The number of hydrogen-bond donors (Lipinski definition) is 1. The molecule has 0 atom stereocenters. The molecule has 0 fully saturated rings. The number of nitrogens with one attached hydrogen (secondary N) is 1. The summed E-state index contributed by atoms with van der Waals surface area (Å²) < 4.78 is 14.3. The second-order valence-corrected chi connectivity index (χ2v) is 10.7. The lowest BCUT2D eigenvalue weighted by atomic mass is 10.2. The molecule has 4 aromatic rings. The maximum atomic E-state index is 13.4. The van der Waals surface area contributed by atoms with Crippen LogP contribution in [0.15, 0.2) is 73.4 Å². The van der Waals surface area contributed by atoms with Crippen molar-refractivity contribution in [2.45, 2.75) is 33.1 Å². The van der Waals surface area contributed by atoms with Gasteiger partial charge in [-0.05, 0) is 55.8 Å². The van der Waals surface area contributed by atoms with Gasteiger partial charge in [0.15, 0.2) is 18.1 Å². The maximum absolute atomic E-state index is 13.4. The number of aryl methyl sites for hydroxylation is 2. The number of rotatable bonds is 10. The second-order valence-electron chi connectivity index (χ2n) is 8.88. The molecule has 0 spiro atoms. The van der Waals surface area contributed by atoms with Gasteiger partial charge in [-0.15, -0.1) is 0 Å². The molecular formula is C29H28Br2N4O4. The molecule has 3 aromatic carbocycles. The molecule has 1 aromatic heterocycles. The SMILES string of the molecule is CCCCc1nc2ccc(Br)cc2c(=O)n1N=Cc1cc(Br)cc(OC)c1OCC(=O)Nc1ccc(C)cc1. The zero-order valence-corrected chi connectivity index (χ0v) is 25.0. The van der Waals surface area contributed by atoms with Crippen LogP contribution >= 0.6 is 31.9 Å². The van der Waals surface area contributed by atoms with Crippen LogP contribution in [0.3, 0.4) is 0 Å². The molecule has 8 nitrogen and oxygen atoms in total. The fourth-order valence-electron chi connectivity index (χ4n) is 3.89. The van der Waals surface area contributed by atoms with Gasteiger partial charge in [0.05, 0.1) is 24.2 Å². The van der Waals surface area contributed by atoms with Gasteiger partial charge in [0.25, 0.3) is 11.5 Å². The van der Waals surface area contributed by atoms with Gasteiger partial charge in [-0.25, -0.2) is 4.98 Å². The summed E-state index contributed by atoms with van der Waals surface area (Å²) in [7, 11) is 1.51. The van der Waals surface area contributed by atoms with Crippen molar-refractivity contribution in [1.29, 1.82) is 0 Å². The van der Waals surface area contributed by atoms with Crippen molar-refractivity contribution in [3.8, 4) is 11.5 Å². The molecule has 1 heterocycles. The van der Waals surface area contributed by atoms with Gasteiger partial charge in [-0.1, -0.05) is 62.9 Å². The Morgan fingerprint density at radius 2 is 1.87 bits per heavy atom. The van der Waals surface area contributed by atoms with E-state index in [1.165, 1.54) is 18.0 Å². The first-order valence-electron chi connectivity index (χ1n) is 12.4. The first kappa shape index (κ1) is 28.5. The summed E-state index contributed by atoms with van der Waals surface area (Å²) in [5, 5.41) is 7.81. The number of carbonyl (C=O) groups is 1. The van der Waals surface area contributed by atoms with E-state index in [4.69, 9.17) is 14.5 Å². The van der Waals surface area contributed by atoms with Gasteiger partial charge in [-0.2, -0.15) is 9.78 Å². The molecule has 202 valence electrons. The van der Waals surface area contributed by atoms with Crippen molar-refractivity contribution in [2.75, 3.05) is 19.0 Å². The van der Waals surface area contributed by atoms with Crippen LogP contribution in [0.2, 0.25) is 0 Å². The lowest BCUT2D eigenvalue weighted by molar-refractivity contribution is -0.118. The number of amides is 1. The average molecular weight is 656 g/mol. The Hall–Kier alpha value is -3.50. The number of nitrogens with zero attached hydrogens (tertiary/aromatic N) is 3. The summed E-state index contributed by atoms with van der Waals surface area (Å²) >= 11 is 6.92. The van der Waals surface area contributed by atoms with Gasteiger partial charge in [-0.3, -0.25) is 9.59 Å². The molecule has 0 saturated carbocycles. The topological polar surface area (TPSA) is 94.8 Å². The highest BCUT2D eigenvalue weighted by atomic mass is 79.9. The monoisotopic (exact) mass is 654 g/mol. The molecule has 0 aliphatic carbocycles. The van der Waals surface area contributed by atoms with Crippen LogP contribution in [0.5, 0.6) is 11.5 Å². The minimum absolute atomic E-state index is 0.250. The number of unbranched alkanes of at least 4 members (excludes halogenated alkanes) is 1. The fraction of sp³-hybridized carbons (Fsp3) is 0.241. The highest BCUT2D eigenvalue weighted by Gasteiger charge is 2.15. The molecule has 0 saturated heterocycles. The number of carbonyl (C=O) groups excluding carboxylic acids is 1. The van der Waals surface area contributed by atoms with Crippen LogP contribution in [0, 0.1) is 6.92 Å². The van der Waals surface area contributed by atoms with E-state index in [0.29, 0.717) is 45.9 Å². The Morgan fingerprint density at radius 1 is 1.10 bits per heavy atom. The molecule has 0 aliphatic heterocycles. The zero-order valence-electron chi connectivity index (χ0n) is 21.8. The van der Waals surface area contributed by atoms with E-state index in [0.717, 1.165) is 27.4 Å². The van der Waals surface area contributed by atoms with E-state index in [2.05, 4.69) is 49.2 Å². The highest BCUT2D eigenvalue weighted by Crippen LogP contribution is 2.34. The smallest absolute Gasteiger partial charge is 0.282 e. The average Bonchev–Trinajstić information content (AvgIpc) is 2.92. The second kappa shape index (κ2) is 13.0. The first-order chi connectivity index (χ1) is 18.8. The Labute approximate surface area is 243 Å². The maximum Gasteiger partial charge on any atom is 0.282 e. The van der Waals surface area contributed by atoms with Crippen LogP contribution < -0.4 is 20.3 Å². The number of benzene rings is 3. The summed E-state index contributed by atoms with van der Waals surface area (Å²) in [5.41, 5.74) is 2.64. The van der Waals surface area contributed by atoms with Crippen molar-refractivity contribution in [2.24, 2.45) is 5.10 Å². The first-order valence-corrected chi connectivity index (χ1v) is 14.0. The molecule has 39 heavy (non-hydrogen) atoms. The summed E-state index contributed by atoms with van der Waals surface area (Å²) in [4.78, 5) is 30.7. The van der Waals surface area contributed by atoms with E-state index < -0.39 is 0 Å². The Balaban J connectivity index is 1.68. The Kier molecular flexibility index (Phi) is 9.53. The molecule has 4 rings (SSSR count). The molecule has 0 aliphatic rings. The number of fused-ring (bicyclic) bond motifs is 1. The third-order valence-electron chi connectivity index (χ3n) is 5.89. The molecule has 10 heteroatoms. The van der Waals surface area contributed by atoms with E-state index in [-0.39, 0.29) is 18.1 Å². The number of ether oxygens (including phenoxy) is 2. The van der Waals surface area contributed by atoms with Crippen molar-refractivity contribution in [3.63, 3.8) is 0 Å². The molecular weight excluding hydrogens is 628 g/mol. The molecule has 0 radical (unpaired) electrons.